The molecule has 0 aliphatic carbocycles. The molecular weight excluding hydrogens is 382 g/mol. The minimum atomic E-state index is -3.37. The minimum absolute atomic E-state index is 0.0495. The Labute approximate surface area is 153 Å². The lowest BCUT2D eigenvalue weighted by atomic mass is 10.2. The highest BCUT2D eigenvalue weighted by atomic mass is 32.2. The molecule has 1 heterocycles. The SMILES string of the molecule is CCN(C(=O)COC(=O)c1ccc(S(C)(=O)=O)cc1)C1CCS(=O)(=O)C1. The zero-order valence-electron chi connectivity index (χ0n) is 14.5. The summed E-state index contributed by atoms with van der Waals surface area (Å²) in [6, 6.07) is 4.80. The quantitative estimate of drug-likeness (QED) is 0.627. The number of rotatable bonds is 6. The molecule has 1 saturated heterocycles. The van der Waals surface area contributed by atoms with Crippen molar-refractivity contribution in [1.29, 1.82) is 0 Å². The van der Waals surface area contributed by atoms with Crippen LogP contribution in [0.1, 0.15) is 23.7 Å². The molecule has 1 fully saturated rings. The number of likely N-dealkylation sites (N-methyl/N-ethyl adjacent to an activating group) is 1. The molecule has 1 aromatic carbocycles. The van der Waals surface area contributed by atoms with Gasteiger partial charge in [-0.15, -0.1) is 0 Å². The van der Waals surface area contributed by atoms with Crippen LogP contribution in [0.4, 0.5) is 0 Å². The van der Waals surface area contributed by atoms with Gasteiger partial charge < -0.3 is 9.64 Å². The number of amides is 1. The Morgan fingerprint density at radius 3 is 2.31 bits per heavy atom. The van der Waals surface area contributed by atoms with Crippen molar-refractivity contribution in [2.75, 3.05) is 30.9 Å². The van der Waals surface area contributed by atoms with Crippen molar-refractivity contribution in [2.24, 2.45) is 0 Å². The van der Waals surface area contributed by atoms with Gasteiger partial charge in [-0.3, -0.25) is 4.79 Å². The van der Waals surface area contributed by atoms with Crippen LogP contribution in [0, 0.1) is 0 Å². The van der Waals surface area contributed by atoms with Crippen molar-refractivity contribution in [2.45, 2.75) is 24.3 Å². The van der Waals surface area contributed by atoms with Crippen LogP contribution in [-0.2, 0) is 29.2 Å². The molecule has 0 bridgehead atoms. The van der Waals surface area contributed by atoms with Gasteiger partial charge in [0.15, 0.2) is 26.3 Å². The molecule has 1 aromatic rings. The van der Waals surface area contributed by atoms with Gasteiger partial charge in [-0.25, -0.2) is 21.6 Å². The molecule has 1 amide bonds. The maximum atomic E-state index is 12.3. The van der Waals surface area contributed by atoms with Crippen LogP contribution in [0.3, 0.4) is 0 Å². The van der Waals surface area contributed by atoms with Crippen molar-refractivity contribution in [1.82, 2.24) is 4.90 Å². The number of hydrogen-bond acceptors (Lipinski definition) is 7. The lowest BCUT2D eigenvalue weighted by molar-refractivity contribution is -0.136. The Morgan fingerprint density at radius 2 is 1.85 bits per heavy atom. The molecule has 1 unspecified atom stereocenters. The lowest BCUT2D eigenvalue weighted by Gasteiger charge is -2.26. The van der Waals surface area contributed by atoms with E-state index in [1.165, 1.54) is 29.2 Å². The van der Waals surface area contributed by atoms with E-state index in [2.05, 4.69) is 0 Å². The van der Waals surface area contributed by atoms with Crippen LogP contribution in [0.15, 0.2) is 29.2 Å². The molecule has 26 heavy (non-hydrogen) atoms. The molecule has 8 nitrogen and oxygen atoms in total. The number of nitrogens with zero attached hydrogens (tertiary/aromatic N) is 1. The first-order chi connectivity index (χ1) is 12.0. The van der Waals surface area contributed by atoms with E-state index in [0.29, 0.717) is 13.0 Å². The summed E-state index contributed by atoms with van der Waals surface area (Å²) >= 11 is 0. The van der Waals surface area contributed by atoms with Gasteiger partial charge in [0.05, 0.1) is 22.0 Å². The second kappa shape index (κ2) is 7.75. The van der Waals surface area contributed by atoms with Gasteiger partial charge in [0.2, 0.25) is 0 Å². The highest BCUT2D eigenvalue weighted by Gasteiger charge is 2.34. The highest BCUT2D eigenvalue weighted by molar-refractivity contribution is 7.91. The Morgan fingerprint density at radius 1 is 1.23 bits per heavy atom. The van der Waals surface area contributed by atoms with Crippen molar-refractivity contribution < 1.29 is 31.2 Å². The lowest BCUT2D eigenvalue weighted by Crippen LogP contribution is -2.43. The van der Waals surface area contributed by atoms with Gasteiger partial charge in [-0.2, -0.15) is 0 Å². The standard InChI is InChI=1S/C16H21NO7S2/c1-3-17(13-8-9-26(22,23)11-13)15(18)10-24-16(19)12-4-6-14(7-5-12)25(2,20)21/h4-7,13H,3,8-11H2,1-2H3. The molecule has 0 saturated carbocycles. The van der Waals surface area contributed by atoms with Crippen molar-refractivity contribution in [3.05, 3.63) is 29.8 Å². The number of hydrogen-bond donors (Lipinski definition) is 0. The first-order valence-electron chi connectivity index (χ1n) is 8.00. The van der Waals surface area contributed by atoms with Crippen LogP contribution >= 0.6 is 0 Å². The molecular formula is C16H21NO7S2. The zero-order chi connectivity index (χ0) is 19.5. The maximum Gasteiger partial charge on any atom is 0.338 e. The third-order valence-corrected chi connectivity index (χ3v) is 7.03. The Hall–Kier alpha value is -1.94. The molecule has 0 N–H and O–H groups in total. The topological polar surface area (TPSA) is 115 Å². The van der Waals surface area contributed by atoms with Crippen molar-refractivity contribution in [3.63, 3.8) is 0 Å². The second-order valence-corrected chi connectivity index (χ2v) is 10.4. The van der Waals surface area contributed by atoms with Crippen LogP contribution in [0.25, 0.3) is 0 Å². The smallest absolute Gasteiger partial charge is 0.338 e. The van der Waals surface area contributed by atoms with E-state index in [4.69, 9.17) is 4.74 Å². The minimum Gasteiger partial charge on any atom is -0.452 e. The van der Waals surface area contributed by atoms with E-state index in [-0.39, 0.29) is 22.0 Å². The van der Waals surface area contributed by atoms with Crippen molar-refractivity contribution in [3.8, 4) is 0 Å². The van der Waals surface area contributed by atoms with Crippen LogP contribution in [0.5, 0.6) is 0 Å². The average molecular weight is 403 g/mol. The molecule has 0 spiro atoms. The van der Waals surface area contributed by atoms with Gasteiger partial charge in [-0.05, 0) is 37.6 Å². The summed E-state index contributed by atoms with van der Waals surface area (Å²) in [4.78, 5) is 25.8. The molecule has 1 aliphatic rings. The van der Waals surface area contributed by atoms with Gasteiger partial charge in [0, 0.05) is 18.8 Å². The number of ether oxygens (including phenoxy) is 1. The van der Waals surface area contributed by atoms with Crippen LogP contribution < -0.4 is 0 Å². The summed E-state index contributed by atoms with van der Waals surface area (Å²) in [5, 5.41) is 0. The second-order valence-electron chi connectivity index (χ2n) is 6.11. The summed E-state index contributed by atoms with van der Waals surface area (Å²) in [6.07, 6.45) is 1.43. The monoisotopic (exact) mass is 403 g/mol. The highest BCUT2D eigenvalue weighted by Crippen LogP contribution is 2.18. The van der Waals surface area contributed by atoms with E-state index in [0.717, 1.165) is 6.26 Å². The molecule has 1 aliphatic heterocycles. The van der Waals surface area contributed by atoms with Gasteiger partial charge >= 0.3 is 5.97 Å². The third-order valence-electron chi connectivity index (χ3n) is 4.16. The summed E-state index contributed by atoms with van der Waals surface area (Å²) in [5.74, 6) is -1.24. The molecule has 2 rings (SSSR count). The zero-order valence-corrected chi connectivity index (χ0v) is 16.2. The van der Waals surface area contributed by atoms with Gasteiger partial charge in [0.25, 0.3) is 5.91 Å². The number of carbonyl (C=O) groups excluding carboxylic acids is 2. The van der Waals surface area contributed by atoms with Gasteiger partial charge in [-0.1, -0.05) is 0 Å². The Bertz CT molecular complexity index is 889. The Balaban J connectivity index is 1.96. The van der Waals surface area contributed by atoms with E-state index >= 15 is 0 Å². The van der Waals surface area contributed by atoms with E-state index in [9.17, 15) is 26.4 Å². The maximum absolute atomic E-state index is 12.3. The van der Waals surface area contributed by atoms with E-state index < -0.39 is 44.2 Å². The van der Waals surface area contributed by atoms with E-state index in [1.807, 2.05) is 0 Å². The van der Waals surface area contributed by atoms with Crippen molar-refractivity contribution >= 4 is 31.6 Å². The average Bonchev–Trinajstić information content (AvgIpc) is 2.92. The molecule has 10 heteroatoms. The normalized spacial score (nSPS) is 19.1. The van der Waals surface area contributed by atoms with Crippen LogP contribution in [-0.4, -0.2) is 70.6 Å². The summed E-state index contributed by atoms with van der Waals surface area (Å²) in [7, 11) is -6.49. The number of benzene rings is 1. The summed E-state index contributed by atoms with van der Waals surface area (Å²) in [5.41, 5.74) is 0.122. The van der Waals surface area contributed by atoms with Crippen LogP contribution in [0.2, 0.25) is 0 Å². The van der Waals surface area contributed by atoms with E-state index in [1.54, 1.807) is 6.92 Å². The number of sulfone groups is 2. The summed E-state index contributed by atoms with van der Waals surface area (Å²) < 4.78 is 50.9. The molecule has 0 aromatic heterocycles. The number of carbonyl (C=O) groups is 2. The first kappa shape index (κ1) is 20.4. The first-order valence-corrected chi connectivity index (χ1v) is 11.7. The summed E-state index contributed by atoms with van der Waals surface area (Å²) in [6.45, 7) is 1.55. The Kier molecular flexibility index (Phi) is 6.07. The fourth-order valence-corrected chi connectivity index (χ4v) is 5.15. The fourth-order valence-electron chi connectivity index (χ4n) is 2.79. The number of esters is 1. The predicted molar refractivity (Wildman–Crippen MR) is 94.3 cm³/mol. The third kappa shape index (κ3) is 5.04. The molecule has 0 radical (unpaired) electrons. The molecule has 1 atom stereocenters. The fraction of sp³-hybridized carbons (Fsp3) is 0.500. The molecule has 144 valence electrons. The predicted octanol–water partition coefficient (Wildman–Crippen LogP) is 0.282. The van der Waals surface area contributed by atoms with Gasteiger partial charge in [0.1, 0.15) is 0 Å². The largest absolute Gasteiger partial charge is 0.452 e.